The van der Waals surface area contributed by atoms with E-state index >= 15 is 0 Å². The number of benzene rings is 3. The summed E-state index contributed by atoms with van der Waals surface area (Å²) in [7, 11) is 0. The number of aliphatic hydroxyl groups is 1. The van der Waals surface area contributed by atoms with Gasteiger partial charge in [-0.25, -0.2) is 4.39 Å². The first-order chi connectivity index (χ1) is 18.3. The Bertz CT molecular complexity index is 1320. The fourth-order valence-corrected chi connectivity index (χ4v) is 5.32. The highest BCUT2D eigenvalue weighted by molar-refractivity contribution is 7.99. The van der Waals surface area contributed by atoms with Gasteiger partial charge < -0.3 is 26.4 Å². The van der Waals surface area contributed by atoms with Crippen molar-refractivity contribution in [1.82, 2.24) is 10.6 Å². The number of anilines is 1. The molecule has 0 bridgehead atoms. The van der Waals surface area contributed by atoms with E-state index in [1.807, 2.05) is 42.5 Å². The molecule has 3 amide bonds. The van der Waals surface area contributed by atoms with Crippen molar-refractivity contribution < 1.29 is 23.9 Å². The van der Waals surface area contributed by atoms with E-state index in [0.29, 0.717) is 16.3 Å². The molecule has 1 unspecified atom stereocenters. The Labute approximate surface area is 224 Å². The predicted molar refractivity (Wildman–Crippen MR) is 146 cm³/mol. The van der Waals surface area contributed by atoms with Crippen LogP contribution in [0, 0.1) is 5.82 Å². The normalized spacial score (nSPS) is 14.9. The van der Waals surface area contributed by atoms with E-state index in [4.69, 9.17) is 5.73 Å². The van der Waals surface area contributed by atoms with Crippen molar-refractivity contribution in [2.45, 2.75) is 36.3 Å². The van der Waals surface area contributed by atoms with Crippen LogP contribution in [0.25, 0.3) is 10.8 Å². The number of amides is 3. The maximum absolute atomic E-state index is 13.7. The van der Waals surface area contributed by atoms with Crippen LogP contribution in [0.1, 0.15) is 18.4 Å². The lowest BCUT2D eigenvalue weighted by Gasteiger charge is -2.24. The third kappa shape index (κ3) is 7.09. The molecule has 1 aliphatic rings. The maximum atomic E-state index is 13.7. The molecule has 8 nitrogen and oxygen atoms in total. The lowest BCUT2D eigenvalue weighted by Crippen LogP contribution is -2.50. The number of hydrogen-bond acceptors (Lipinski definition) is 6. The topological polar surface area (TPSA) is 125 Å². The number of carbonyl (C=O) groups is 3. The smallest absolute Gasteiger partial charge is 0.243 e. The van der Waals surface area contributed by atoms with Gasteiger partial charge in [-0.3, -0.25) is 14.4 Å². The van der Waals surface area contributed by atoms with Gasteiger partial charge in [0.05, 0.1) is 11.8 Å². The molecule has 3 aromatic carbocycles. The first kappa shape index (κ1) is 27.6. The Hall–Kier alpha value is -3.47. The summed E-state index contributed by atoms with van der Waals surface area (Å²) in [5.74, 6) is -0.844. The van der Waals surface area contributed by atoms with Crippen LogP contribution >= 0.6 is 11.8 Å². The van der Waals surface area contributed by atoms with Gasteiger partial charge in [-0.05, 0) is 34.5 Å². The zero-order chi connectivity index (χ0) is 27.1. The van der Waals surface area contributed by atoms with Crippen LogP contribution in [-0.2, 0) is 20.8 Å². The van der Waals surface area contributed by atoms with Gasteiger partial charge in [0.1, 0.15) is 11.9 Å². The summed E-state index contributed by atoms with van der Waals surface area (Å²) in [5.41, 5.74) is 6.88. The van der Waals surface area contributed by atoms with Gasteiger partial charge in [-0.2, -0.15) is 0 Å². The van der Waals surface area contributed by atoms with Gasteiger partial charge in [0, 0.05) is 49.5 Å². The SMILES string of the molecule is NC[C@@H](O)CNC(=O)C(Cc1ccc2ccccc2c1)NC(=O)CCN1C(=O)CCSc2cc(F)ccc21. The van der Waals surface area contributed by atoms with Crippen LogP contribution in [-0.4, -0.2) is 60.4 Å². The number of aliphatic hydroxyl groups excluding tert-OH is 1. The molecule has 200 valence electrons. The number of hydrogen-bond donors (Lipinski definition) is 4. The molecule has 1 aliphatic heterocycles. The van der Waals surface area contributed by atoms with Crippen molar-refractivity contribution in [2.75, 3.05) is 30.3 Å². The van der Waals surface area contributed by atoms with Crippen molar-refractivity contribution >= 4 is 45.9 Å². The average Bonchev–Trinajstić information content (AvgIpc) is 3.07. The second-order valence-electron chi connectivity index (χ2n) is 9.15. The lowest BCUT2D eigenvalue weighted by atomic mass is 10.0. The van der Waals surface area contributed by atoms with Gasteiger partial charge in [0.15, 0.2) is 0 Å². The van der Waals surface area contributed by atoms with Crippen LogP contribution in [0.3, 0.4) is 0 Å². The fraction of sp³-hybridized carbons (Fsp3) is 0.321. The number of nitrogens with zero attached hydrogens (tertiary/aromatic N) is 1. The van der Waals surface area contributed by atoms with E-state index in [2.05, 4.69) is 10.6 Å². The molecule has 0 aliphatic carbocycles. The van der Waals surface area contributed by atoms with Gasteiger partial charge in [0.25, 0.3) is 0 Å². The van der Waals surface area contributed by atoms with E-state index in [0.717, 1.165) is 16.3 Å². The molecule has 0 radical (unpaired) electrons. The number of nitrogens with two attached hydrogens (primary N) is 1. The van der Waals surface area contributed by atoms with Gasteiger partial charge in [-0.1, -0.05) is 42.5 Å². The number of carbonyl (C=O) groups excluding carboxylic acids is 3. The molecule has 10 heteroatoms. The van der Waals surface area contributed by atoms with Gasteiger partial charge in [0.2, 0.25) is 17.7 Å². The molecule has 38 heavy (non-hydrogen) atoms. The highest BCUT2D eigenvalue weighted by Gasteiger charge is 2.26. The molecule has 1 heterocycles. The van der Waals surface area contributed by atoms with Crippen molar-refractivity contribution in [3.05, 3.63) is 72.0 Å². The second-order valence-corrected chi connectivity index (χ2v) is 10.3. The van der Waals surface area contributed by atoms with Crippen LogP contribution in [0.2, 0.25) is 0 Å². The van der Waals surface area contributed by atoms with Crippen molar-refractivity contribution in [2.24, 2.45) is 5.73 Å². The van der Waals surface area contributed by atoms with Crippen LogP contribution in [0.5, 0.6) is 0 Å². The summed E-state index contributed by atoms with van der Waals surface area (Å²) in [5, 5.41) is 17.3. The maximum Gasteiger partial charge on any atom is 0.243 e. The van der Waals surface area contributed by atoms with Crippen LogP contribution in [0.15, 0.2) is 65.6 Å². The molecule has 0 saturated carbocycles. The standard InChI is InChI=1S/C28H31FN4O4S/c29-21-7-8-24-25(15-21)38-12-10-27(36)33(24)11-9-26(35)32-23(28(37)31-17-22(34)16-30)14-18-5-6-19-3-1-2-4-20(19)13-18/h1-8,13,15,22-23,34H,9-12,14,16-17,30H2,(H,31,37)(H,32,35)/t22-,23?/m1/s1. The summed E-state index contributed by atoms with van der Waals surface area (Å²) in [4.78, 5) is 40.9. The first-order valence-corrected chi connectivity index (χ1v) is 13.5. The van der Waals surface area contributed by atoms with Crippen LogP contribution < -0.4 is 21.3 Å². The molecule has 0 fully saturated rings. The Morgan fingerprint density at radius 1 is 1.11 bits per heavy atom. The number of rotatable bonds is 10. The molecule has 4 rings (SSSR count). The highest BCUT2D eigenvalue weighted by Crippen LogP contribution is 2.34. The number of thioether (sulfide) groups is 1. The minimum absolute atomic E-state index is 0.00446. The Morgan fingerprint density at radius 2 is 1.89 bits per heavy atom. The summed E-state index contributed by atoms with van der Waals surface area (Å²) < 4.78 is 13.7. The van der Waals surface area contributed by atoms with E-state index in [-0.39, 0.29) is 50.6 Å². The summed E-state index contributed by atoms with van der Waals surface area (Å²) in [6.07, 6.45) is -0.422. The van der Waals surface area contributed by atoms with Crippen molar-refractivity contribution in [1.29, 1.82) is 0 Å². The molecule has 0 saturated heterocycles. The zero-order valence-corrected chi connectivity index (χ0v) is 21.7. The summed E-state index contributed by atoms with van der Waals surface area (Å²) in [6.45, 7) is 0.0578. The van der Waals surface area contributed by atoms with Gasteiger partial charge >= 0.3 is 0 Å². The fourth-order valence-electron chi connectivity index (χ4n) is 4.30. The quantitative estimate of drug-likeness (QED) is 0.314. The first-order valence-electron chi connectivity index (χ1n) is 12.5. The number of nitrogens with one attached hydrogen (secondary N) is 2. The van der Waals surface area contributed by atoms with Crippen LogP contribution in [0.4, 0.5) is 10.1 Å². The summed E-state index contributed by atoms with van der Waals surface area (Å²) >= 11 is 1.41. The zero-order valence-electron chi connectivity index (χ0n) is 20.9. The predicted octanol–water partition coefficient (Wildman–Crippen LogP) is 2.36. The van der Waals surface area contributed by atoms with E-state index in [1.54, 1.807) is 6.07 Å². The highest BCUT2D eigenvalue weighted by atomic mass is 32.2. The molecule has 0 aromatic heterocycles. The third-order valence-corrected chi connectivity index (χ3v) is 7.39. The van der Waals surface area contributed by atoms with E-state index < -0.39 is 24.0 Å². The van der Waals surface area contributed by atoms with E-state index in [1.165, 1.54) is 28.8 Å². The minimum atomic E-state index is -0.898. The third-order valence-electron chi connectivity index (χ3n) is 6.34. The largest absolute Gasteiger partial charge is 0.390 e. The van der Waals surface area contributed by atoms with Crippen molar-refractivity contribution in [3.63, 3.8) is 0 Å². The minimum Gasteiger partial charge on any atom is -0.390 e. The molecular formula is C28H31FN4O4S. The molecular weight excluding hydrogens is 507 g/mol. The van der Waals surface area contributed by atoms with E-state index in [9.17, 15) is 23.9 Å². The Kier molecular flexibility index (Phi) is 9.33. The molecule has 2 atom stereocenters. The second kappa shape index (κ2) is 12.9. The number of fused-ring (bicyclic) bond motifs is 2. The average molecular weight is 539 g/mol. The number of halogens is 1. The molecule has 0 spiro atoms. The summed E-state index contributed by atoms with van der Waals surface area (Å²) in [6, 6.07) is 17.0. The monoisotopic (exact) mass is 538 g/mol. The Balaban J connectivity index is 1.46. The van der Waals surface area contributed by atoms with Gasteiger partial charge in [-0.15, -0.1) is 11.8 Å². The lowest BCUT2D eigenvalue weighted by molar-refractivity contribution is -0.129. The Morgan fingerprint density at radius 3 is 2.68 bits per heavy atom. The molecule has 5 N–H and O–H groups in total. The molecule has 3 aromatic rings. The van der Waals surface area contributed by atoms with Crippen molar-refractivity contribution in [3.8, 4) is 0 Å².